The number of hydrogen-bond donors (Lipinski definition) is 3. The number of benzene rings is 4. The predicted molar refractivity (Wildman–Crippen MR) is 188 cm³/mol. The van der Waals surface area contributed by atoms with Crippen LogP contribution in [0.4, 0.5) is 4.79 Å². The van der Waals surface area contributed by atoms with Crippen LogP contribution in [0.15, 0.2) is 128 Å². The number of carbonyl (C=O) groups excluding carboxylic acids is 2. The summed E-state index contributed by atoms with van der Waals surface area (Å²) in [6, 6.07) is 39.8. The molecule has 0 bridgehead atoms. The van der Waals surface area contributed by atoms with Gasteiger partial charge in [-0.15, -0.1) is 0 Å². The molecule has 7 nitrogen and oxygen atoms in total. The van der Waals surface area contributed by atoms with E-state index in [4.69, 9.17) is 9.47 Å². The van der Waals surface area contributed by atoms with Gasteiger partial charge in [0.25, 0.3) is 0 Å². The number of morpholine rings is 1. The molecule has 7 heteroatoms. The van der Waals surface area contributed by atoms with Crippen molar-refractivity contribution in [2.24, 2.45) is 0 Å². The van der Waals surface area contributed by atoms with Crippen LogP contribution in [0, 0.1) is 0 Å². The first kappa shape index (κ1) is 32.9. The van der Waals surface area contributed by atoms with Gasteiger partial charge in [-0.25, -0.2) is 4.79 Å². The van der Waals surface area contributed by atoms with Crippen LogP contribution in [-0.4, -0.2) is 49.3 Å². The molecule has 1 saturated heterocycles. The monoisotopic (exact) mass is 641 g/mol. The largest absolute Gasteiger partial charge is 0.453 e. The van der Waals surface area contributed by atoms with Gasteiger partial charge in [0.1, 0.15) is 6.04 Å². The number of amides is 1. The van der Waals surface area contributed by atoms with Gasteiger partial charge in [-0.2, -0.15) is 0 Å². The Balaban J connectivity index is 1.10. The number of aryl methyl sites for hydroxylation is 1. The van der Waals surface area contributed by atoms with Crippen LogP contribution in [0.1, 0.15) is 57.5 Å². The lowest BCUT2D eigenvalue weighted by Crippen LogP contribution is -2.46. The molecule has 1 aliphatic heterocycles. The van der Waals surface area contributed by atoms with Crippen LogP contribution in [0.3, 0.4) is 0 Å². The molecular formula is C41H43N3O4. The Kier molecular flexibility index (Phi) is 11.1. The van der Waals surface area contributed by atoms with Gasteiger partial charge >= 0.3 is 6.09 Å². The standard InChI is InChI=1S/C41H43N3O4/c1-47-41(46)44-40(39(32-16-7-3-8-17-32)33-18-9-4-10-19-33)38(45)25-34-20-12-11-15-31(34)21-22-35-27-43-37(28-48-35)36-24-30(26-42-36)23-29-13-5-2-6-14-29/h2-20,24,26,35,37,39-40,42-43H,21-23,25,27-28H2,1H3,(H,44,46)/t35-,37+,40-/m1/s1. The second-order valence-corrected chi connectivity index (χ2v) is 12.4. The fourth-order valence-electron chi connectivity index (χ4n) is 6.62. The highest BCUT2D eigenvalue weighted by Crippen LogP contribution is 2.30. The molecule has 1 aliphatic rings. The molecule has 0 unspecified atom stereocenters. The topological polar surface area (TPSA) is 92.5 Å². The van der Waals surface area contributed by atoms with Crippen molar-refractivity contribution < 1.29 is 19.1 Å². The van der Waals surface area contributed by atoms with Crippen LogP contribution < -0.4 is 10.6 Å². The summed E-state index contributed by atoms with van der Waals surface area (Å²) in [4.78, 5) is 30.2. The first-order chi connectivity index (χ1) is 23.6. The zero-order valence-electron chi connectivity index (χ0n) is 27.3. The summed E-state index contributed by atoms with van der Waals surface area (Å²) in [6.45, 7) is 1.34. The number of aromatic nitrogens is 1. The van der Waals surface area contributed by atoms with Crippen molar-refractivity contribution in [3.8, 4) is 0 Å². The van der Waals surface area contributed by atoms with Gasteiger partial charge in [0.15, 0.2) is 5.78 Å². The van der Waals surface area contributed by atoms with Crippen LogP contribution in [-0.2, 0) is 33.5 Å². The number of methoxy groups -OCH3 is 1. The number of ether oxygens (including phenoxy) is 2. The van der Waals surface area contributed by atoms with E-state index in [1.807, 2.05) is 84.9 Å². The fourth-order valence-corrected chi connectivity index (χ4v) is 6.62. The Labute approximate surface area is 282 Å². The normalized spacial score (nSPS) is 16.7. The molecule has 6 rings (SSSR count). The van der Waals surface area contributed by atoms with E-state index in [-0.39, 0.29) is 30.3 Å². The number of rotatable bonds is 13. The minimum absolute atomic E-state index is 0.0676. The van der Waals surface area contributed by atoms with E-state index in [0.717, 1.165) is 53.8 Å². The van der Waals surface area contributed by atoms with Gasteiger partial charge in [-0.1, -0.05) is 115 Å². The summed E-state index contributed by atoms with van der Waals surface area (Å²) in [5, 5.41) is 6.54. The summed E-state index contributed by atoms with van der Waals surface area (Å²) in [6.07, 6.45) is 4.21. The van der Waals surface area contributed by atoms with E-state index in [0.29, 0.717) is 6.61 Å². The number of nitrogens with one attached hydrogen (secondary N) is 3. The van der Waals surface area contributed by atoms with Crippen LogP contribution in [0.25, 0.3) is 0 Å². The second-order valence-electron chi connectivity index (χ2n) is 12.4. The Morgan fingerprint density at radius 3 is 2.08 bits per heavy atom. The lowest BCUT2D eigenvalue weighted by Gasteiger charge is -2.30. The maximum absolute atomic E-state index is 14.2. The molecule has 0 saturated carbocycles. The molecule has 0 spiro atoms. The molecule has 4 aromatic carbocycles. The lowest BCUT2D eigenvalue weighted by atomic mass is 9.81. The molecule has 48 heavy (non-hydrogen) atoms. The van der Waals surface area contributed by atoms with Crippen molar-refractivity contribution in [3.05, 3.63) is 167 Å². The van der Waals surface area contributed by atoms with Crippen molar-refractivity contribution in [2.75, 3.05) is 20.3 Å². The van der Waals surface area contributed by atoms with Gasteiger partial charge < -0.3 is 25.1 Å². The summed E-state index contributed by atoms with van der Waals surface area (Å²) in [5.41, 5.74) is 7.65. The Morgan fingerprint density at radius 1 is 0.833 bits per heavy atom. The Morgan fingerprint density at radius 2 is 1.46 bits per heavy atom. The average Bonchev–Trinajstić information content (AvgIpc) is 3.60. The van der Waals surface area contributed by atoms with Crippen LogP contribution >= 0.6 is 0 Å². The van der Waals surface area contributed by atoms with E-state index in [1.54, 1.807) is 0 Å². The highest BCUT2D eigenvalue weighted by atomic mass is 16.5. The molecular weight excluding hydrogens is 598 g/mol. The summed E-state index contributed by atoms with van der Waals surface area (Å²) < 4.78 is 11.3. The Bertz CT molecular complexity index is 1710. The third kappa shape index (κ3) is 8.48. The molecule has 1 fully saturated rings. The maximum Gasteiger partial charge on any atom is 0.407 e. The lowest BCUT2D eigenvalue weighted by molar-refractivity contribution is -0.120. The zero-order valence-corrected chi connectivity index (χ0v) is 27.3. The predicted octanol–water partition coefficient (Wildman–Crippen LogP) is 6.94. The zero-order chi connectivity index (χ0) is 33.1. The first-order valence-electron chi connectivity index (χ1n) is 16.7. The van der Waals surface area contributed by atoms with Crippen LogP contribution in [0.2, 0.25) is 0 Å². The van der Waals surface area contributed by atoms with Gasteiger partial charge in [-0.3, -0.25) is 4.79 Å². The number of carbonyl (C=O) groups is 2. The summed E-state index contributed by atoms with van der Waals surface area (Å²) in [5.74, 6) is -0.462. The molecule has 0 radical (unpaired) electrons. The average molecular weight is 642 g/mol. The van der Waals surface area contributed by atoms with Gasteiger partial charge in [0, 0.05) is 30.8 Å². The molecule has 3 N–H and O–H groups in total. The van der Waals surface area contributed by atoms with Crippen molar-refractivity contribution in [1.29, 1.82) is 0 Å². The minimum Gasteiger partial charge on any atom is -0.453 e. The van der Waals surface area contributed by atoms with Crippen molar-refractivity contribution in [3.63, 3.8) is 0 Å². The smallest absolute Gasteiger partial charge is 0.407 e. The van der Waals surface area contributed by atoms with Crippen molar-refractivity contribution >= 4 is 11.9 Å². The van der Waals surface area contributed by atoms with Crippen molar-refractivity contribution in [2.45, 2.75) is 49.8 Å². The molecule has 246 valence electrons. The highest BCUT2D eigenvalue weighted by molar-refractivity contribution is 5.91. The number of hydrogen-bond acceptors (Lipinski definition) is 5. The second kappa shape index (κ2) is 16.2. The van der Waals surface area contributed by atoms with E-state index >= 15 is 0 Å². The summed E-state index contributed by atoms with van der Waals surface area (Å²) in [7, 11) is 1.32. The van der Waals surface area contributed by atoms with E-state index in [2.05, 4.69) is 58.2 Å². The van der Waals surface area contributed by atoms with Gasteiger partial charge in [0.05, 0.1) is 25.9 Å². The number of Topliss-reactive ketones (excluding diaryl/α,β-unsaturated/α-hetero) is 1. The van der Waals surface area contributed by atoms with E-state index in [9.17, 15) is 9.59 Å². The number of aromatic amines is 1. The molecule has 2 heterocycles. The molecule has 5 aromatic rings. The third-order valence-electron chi connectivity index (χ3n) is 9.16. The number of H-pyrrole nitrogens is 1. The Hall–Kier alpha value is -4.98. The SMILES string of the molecule is COC(=O)N[C@H](C(=O)Cc1ccccc1CC[C@@H]1CN[C@H](c2cc(Cc3ccccc3)c[nH]2)CO1)C(c1ccccc1)c1ccccc1. The van der Waals surface area contributed by atoms with Gasteiger partial charge in [0.2, 0.25) is 0 Å². The van der Waals surface area contributed by atoms with Crippen molar-refractivity contribution in [1.82, 2.24) is 15.6 Å². The minimum atomic E-state index is -0.820. The number of alkyl carbamates (subject to hydrolysis) is 1. The fraction of sp³-hybridized carbons (Fsp3) is 0.268. The number of ketones is 1. The van der Waals surface area contributed by atoms with Crippen LogP contribution in [0.5, 0.6) is 0 Å². The van der Waals surface area contributed by atoms with E-state index in [1.165, 1.54) is 18.2 Å². The molecule has 0 aliphatic carbocycles. The first-order valence-corrected chi connectivity index (χ1v) is 16.7. The maximum atomic E-state index is 14.2. The quantitative estimate of drug-likeness (QED) is 0.130. The highest BCUT2D eigenvalue weighted by Gasteiger charge is 2.33. The van der Waals surface area contributed by atoms with Gasteiger partial charge in [-0.05, 0) is 58.7 Å². The molecule has 1 amide bonds. The molecule has 1 aromatic heterocycles. The molecule has 3 atom stereocenters. The van der Waals surface area contributed by atoms with E-state index < -0.39 is 12.1 Å². The summed E-state index contributed by atoms with van der Waals surface area (Å²) >= 11 is 0. The third-order valence-corrected chi connectivity index (χ3v) is 9.16.